The van der Waals surface area contributed by atoms with Crippen molar-refractivity contribution in [3.8, 4) is 0 Å². The number of sulfonamides is 1. The topological polar surface area (TPSA) is 72.2 Å². The molecule has 0 saturated heterocycles. The van der Waals surface area contributed by atoms with Crippen molar-refractivity contribution in [1.29, 1.82) is 0 Å². The van der Waals surface area contributed by atoms with Gasteiger partial charge in [-0.05, 0) is 36.0 Å². The number of hydrogen-bond acceptors (Lipinski definition) is 3. The summed E-state index contributed by atoms with van der Waals surface area (Å²) >= 11 is 0. The zero-order valence-corrected chi connectivity index (χ0v) is 13.2. The van der Waals surface area contributed by atoms with Crippen LogP contribution < -0.4 is 10.5 Å². The Morgan fingerprint density at radius 3 is 2.25 bits per heavy atom. The van der Waals surface area contributed by atoms with Gasteiger partial charge in [0.15, 0.2) is 0 Å². The molecular formula is C14H23FN2O2S. The molecule has 1 aromatic rings. The van der Waals surface area contributed by atoms with Gasteiger partial charge in [0.25, 0.3) is 0 Å². The molecule has 0 aliphatic heterocycles. The van der Waals surface area contributed by atoms with Gasteiger partial charge in [-0.25, -0.2) is 17.5 Å². The number of halogens is 1. The zero-order valence-electron chi connectivity index (χ0n) is 12.4. The molecule has 0 bridgehead atoms. The van der Waals surface area contributed by atoms with Crippen molar-refractivity contribution in [2.45, 2.75) is 32.6 Å². The average Bonchev–Trinajstić information content (AvgIpc) is 2.31. The van der Waals surface area contributed by atoms with Crippen LogP contribution in [0.2, 0.25) is 0 Å². The molecule has 0 spiro atoms. The molecule has 1 rings (SSSR count). The first kappa shape index (κ1) is 16.9. The van der Waals surface area contributed by atoms with Gasteiger partial charge in [0, 0.05) is 12.2 Å². The molecule has 0 saturated carbocycles. The van der Waals surface area contributed by atoms with Crippen LogP contribution in [0.25, 0.3) is 0 Å². The Bertz CT molecular complexity index is 548. The summed E-state index contributed by atoms with van der Waals surface area (Å²) in [6, 6.07) is 3.53. The number of benzene rings is 1. The summed E-state index contributed by atoms with van der Waals surface area (Å²) in [6.45, 7) is 8.45. The number of hydrogen-bond donors (Lipinski definition) is 2. The quantitative estimate of drug-likeness (QED) is 0.793. The maximum absolute atomic E-state index is 13.6. The molecule has 20 heavy (non-hydrogen) atoms. The van der Waals surface area contributed by atoms with E-state index in [1.54, 1.807) is 0 Å². The normalized spacial score (nSPS) is 12.6. The van der Waals surface area contributed by atoms with Gasteiger partial charge in [-0.1, -0.05) is 27.7 Å². The Morgan fingerprint density at radius 1 is 1.20 bits per heavy atom. The highest BCUT2D eigenvalue weighted by molar-refractivity contribution is 7.89. The summed E-state index contributed by atoms with van der Waals surface area (Å²) in [5.41, 5.74) is 5.74. The second-order valence-electron chi connectivity index (χ2n) is 5.69. The van der Waals surface area contributed by atoms with Gasteiger partial charge in [-0.15, -0.1) is 0 Å². The van der Waals surface area contributed by atoms with Crippen molar-refractivity contribution < 1.29 is 12.8 Å². The lowest BCUT2D eigenvalue weighted by molar-refractivity contribution is 0.289. The minimum Gasteiger partial charge on any atom is -0.399 e. The van der Waals surface area contributed by atoms with Gasteiger partial charge >= 0.3 is 0 Å². The minimum absolute atomic E-state index is 0.189. The third-order valence-corrected chi connectivity index (χ3v) is 4.91. The summed E-state index contributed by atoms with van der Waals surface area (Å²) in [6.07, 6.45) is 0. The summed E-state index contributed by atoms with van der Waals surface area (Å²) in [5.74, 6) is 0.0676. The SMILES string of the molecule is CC(C)C(CNS(=O)(=O)c1cc(N)ccc1F)C(C)C. The molecule has 0 radical (unpaired) electrons. The molecule has 1 aromatic carbocycles. The van der Waals surface area contributed by atoms with Crippen LogP contribution in [0, 0.1) is 23.6 Å². The maximum atomic E-state index is 13.6. The Morgan fingerprint density at radius 2 is 1.75 bits per heavy atom. The number of rotatable bonds is 6. The number of nitrogen functional groups attached to an aromatic ring is 1. The molecule has 114 valence electrons. The van der Waals surface area contributed by atoms with E-state index in [0.717, 1.165) is 12.1 Å². The lowest BCUT2D eigenvalue weighted by Crippen LogP contribution is -2.34. The van der Waals surface area contributed by atoms with Gasteiger partial charge in [0.1, 0.15) is 10.7 Å². The highest BCUT2D eigenvalue weighted by Crippen LogP contribution is 2.22. The summed E-state index contributed by atoms with van der Waals surface area (Å²) < 4.78 is 40.4. The van der Waals surface area contributed by atoms with Crippen molar-refractivity contribution >= 4 is 15.7 Å². The zero-order chi connectivity index (χ0) is 15.5. The number of nitrogens with one attached hydrogen (secondary N) is 1. The fourth-order valence-corrected chi connectivity index (χ4v) is 3.43. The van der Waals surface area contributed by atoms with Gasteiger partial charge in [-0.2, -0.15) is 0 Å². The molecule has 3 N–H and O–H groups in total. The first-order valence-electron chi connectivity index (χ1n) is 6.70. The van der Waals surface area contributed by atoms with E-state index in [1.807, 2.05) is 27.7 Å². The minimum atomic E-state index is -3.88. The summed E-state index contributed by atoms with van der Waals surface area (Å²) in [7, 11) is -3.88. The lowest BCUT2D eigenvalue weighted by atomic mass is 9.86. The second-order valence-corrected chi connectivity index (χ2v) is 7.43. The molecule has 0 atom stereocenters. The van der Waals surface area contributed by atoms with Crippen LogP contribution in [0.15, 0.2) is 23.1 Å². The molecule has 0 aliphatic carbocycles. The monoisotopic (exact) mass is 302 g/mol. The third-order valence-electron chi connectivity index (χ3n) is 3.47. The predicted octanol–water partition coefficient (Wildman–Crippen LogP) is 2.61. The van der Waals surface area contributed by atoms with Crippen LogP contribution in [0.5, 0.6) is 0 Å². The first-order chi connectivity index (χ1) is 9.15. The van der Waals surface area contributed by atoms with Crippen molar-refractivity contribution in [2.75, 3.05) is 12.3 Å². The molecule has 0 aliphatic rings. The highest BCUT2D eigenvalue weighted by atomic mass is 32.2. The lowest BCUT2D eigenvalue weighted by Gasteiger charge is -2.25. The molecule has 0 amide bonds. The van der Waals surface area contributed by atoms with E-state index >= 15 is 0 Å². The smallest absolute Gasteiger partial charge is 0.243 e. The Hall–Kier alpha value is -1.14. The standard InChI is InChI=1S/C14H23FN2O2S/c1-9(2)12(10(3)4)8-17-20(18,19)14-7-11(16)5-6-13(14)15/h5-7,9-10,12,17H,8,16H2,1-4H3. The predicted molar refractivity (Wildman–Crippen MR) is 79.2 cm³/mol. The van der Waals surface area contributed by atoms with Gasteiger partial charge < -0.3 is 5.73 Å². The van der Waals surface area contributed by atoms with Crippen LogP contribution >= 0.6 is 0 Å². The summed E-state index contributed by atoms with van der Waals surface area (Å²) in [4.78, 5) is -0.399. The molecule has 0 fully saturated rings. The van der Waals surface area contributed by atoms with Crippen LogP contribution in [0.1, 0.15) is 27.7 Å². The van der Waals surface area contributed by atoms with E-state index < -0.39 is 20.7 Å². The first-order valence-corrected chi connectivity index (χ1v) is 8.18. The van der Waals surface area contributed by atoms with E-state index in [1.165, 1.54) is 6.07 Å². The Kier molecular flexibility index (Phi) is 5.53. The van der Waals surface area contributed by atoms with Crippen LogP contribution in [-0.2, 0) is 10.0 Å². The van der Waals surface area contributed by atoms with Crippen molar-refractivity contribution in [1.82, 2.24) is 4.72 Å². The van der Waals surface area contributed by atoms with Crippen LogP contribution in [0.4, 0.5) is 10.1 Å². The van der Waals surface area contributed by atoms with Crippen molar-refractivity contribution in [3.05, 3.63) is 24.0 Å². The molecule has 0 aromatic heterocycles. The maximum Gasteiger partial charge on any atom is 0.243 e. The fourth-order valence-electron chi connectivity index (χ4n) is 2.25. The molecular weight excluding hydrogens is 279 g/mol. The van der Waals surface area contributed by atoms with Crippen LogP contribution in [0.3, 0.4) is 0 Å². The van der Waals surface area contributed by atoms with Gasteiger partial charge in [0.05, 0.1) is 0 Å². The third kappa shape index (κ3) is 4.18. The van der Waals surface area contributed by atoms with E-state index in [9.17, 15) is 12.8 Å². The molecule has 0 heterocycles. The van der Waals surface area contributed by atoms with Crippen molar-refractivity contribution in [3.63, 3.8) is 0 Å². The van der Waals surface area contributed by atoms with E-state index in [0.29, 0.717) is 11.8 Å². The Labute approximate surface area is 120 Å². The van der Waals surface area contributed by atoms with Gasteiger partial charge in [0.2, 0.25) is 10.0 Å². The molecule has 6 heteroatoms. The van der Waals surface area contributed by atoms with E-state index in [2.05, 4.69) is 4.72 Å². The molecule has 0 unspecified atom stereocenters. The average molecular weight is 302 g/mol. The summed E-state index contributed by atoms with van der Waals surface area (Å²) in [5, 5.41) is 0. The molecule has 4 nitrogen and oxygen atoms in total. The van der Waals surface area contributed by atoms with Gasteiger partial charge in [-0.3, -0.25) is 0 Å². The van der Waals surface area contributed by atoms with E-state index in [4.69, 9.17) is 5.73 Å². The van der Waals surface area contributed by atoms with Crippen LogP contribution in [-0.4, -0.2) is 15.0 Å². The fraction of sp³-hybridized carbons (Fsp3) is 0.571. The Balaban J connectivity index is 2.93. The highest BCUT2D eigenvalue weighted by Gasteiger charge is 2.23. The van der Waals surface area contributed by atoms with Crippen molar-refractivity contribution in [2.24, 2.45) is 17.8 Å². The largest absolute Gasteiger partial charge is 0.399 e. The van der Waals surface area contributed by atoms with E-state index in [-0.39, 0.29) is 18.2 Å². The second kappa shape index (κ2) is 6.54. The number of nitrogens with two attached hydrogens (primary N) is 1. The number of anilines is 1.